The van der Waals surface area contributed by atoms with Gasteiger partial charge in [0, 0.05) is 28.5 Å². The maximum Gasteiger partial charge on any atom is 0.115 e. The fourth-order valence-corrected chi connectivity index (χ4v) is 2.37. The van der Waals surface area contributed by atoms with Gasteiger partial charge in [-0.1, -0.05) is 23.7 Å². The summed E-state index contributed by atoms with van der Waals surface area (Å²) < 4.78 is 1.78. The van der Waals surface area contributed by atoms with E-state index in [-0.39, 0.29) is 0 Å². The van der Waals surface area contributed by atoms with E-state index in [0.717, 1.165) is 22.5 Å². The molecule has 1 aromatic carbocycles. The first kappa shape index (κ1) is 15.9. The van der Waals surface area contributed by atoms with E-state index in [2.05, 4.69) is 21.1 Å². The second-order valence-corrected chi connectivity index (χ2v) is 5.52. The fraction of sp³-hybridized carbons (Fsp3) is 0.111. The zero-order chi connectivity index (χ0) is 16.8. The fourth-order valence-electron chi connectivity index (χ4n) is 2.24. The Balaban J connectivity index is 1.96. The Morgan fingerprint density at radius 1 is 1.17 bits per heavy atom. The van der Waals surface area contributed by atoms with Crippen molar-refractivity contribution in [3.05, 3.63) is 65.3 Å². The highest BCUT2D eigenvalue weighted by atomic mass is 35.5. The van der Waals surface area contributed by atoms with Gasteiger partial charge >= 0.3 is 0 Å². The maximum absolute atomic E-state index is 8.77. The lowest BCUT2D eigenvalue weighted by molar-refractivity contribution is 0.629. The number of nitriles is 1. The Kier molecular flexibility index (Phi) is 4.99. The summed E-state index contributed by atoms with van der Waals surface area (Å²) in [7, 11) is 0. The third-order valence-corrected chi connectivity index (χ3v) is 3.65. The highest BCUT2D eigenvalue weighted by Gasteiger charge is 2.09. The minimum atomic E-state index is 0.413. The number of aryl methyl sites for hydroxylation is 1. The van der Waals surface area contributed by atoms with Crippen LogP contribution in [-0.4, -0.2) is 19.7 Å². The van der Waals surface area contributed by atoms with Gasteiger partial charge in [-0.3, -0.25) is 4.68 Å². The summed E-state index contributed by atoms with van der Waals surface area (Å²) in [5.41, 5.74) is 3.58. The van der Waals surface area contributed by atoms with Gasteiger partial charge in [0.25, 0.3) is 0 Å². The molecule has 0 saturated carbocycles. The van der Waals surface area contributed by atoms with Crippen LogP contribution in [0.15, 0.2) is 49.1 Å². The number of hydrogen-bond donors (Lipinski definition) is 0. The van der Waals surface area contributed by atoms with Gasteiger partial charge in [0.1, 0.15) is 6.33 Å². The molecule has 118 valence electrons. The number of hydrogen-bond acceptors (Lipinski definition) is 4. The summed E-state index contributed by atoms with van der Waals surface area (Å²) in [6.45, 7) is 0.554. The SMILES string of the molecule is N#CCCn1cc(/C=C/c2ccncn2)c(-c2ccc(Cl)cc2)n1. The van der Waals surface area contributed by atoms with Gasteiger partial charge in [-0.15, -0.1) is 0 Å². The molecule has 0 amide bonds. The van der Waals surface area contributed by atoms with Crippen LogP contribution >= 0.6 is 11.6 Å². The van der Waals surface area contributed by atoms with Crippen LogP contribution in [0.5, 0.6) is 0 Å². The van der Waals surface area contributed by atoms with Crippen LogP contribution in [-0.2, 0) is 6.54 Å². The Bertz CT molecular complexity index is 876. The van der Waals surface area contributed by atoms with Crippen LogP contribution in [0, 0.1) is 11.3 Å². The summed E-state index contributed by atoms with van der Waals surface area (Å²) in [6.07, 6.45) is 9.42. The van der Waals surface area contributed by atoms with Crippen LogP contribution in [0.25, 0.3) is 23.4 Å². The molecule has 0 aliphatic heterocycles. The van der Waals surface area contributed by atoms with Crippen molar-refractivity contribution in [2.45, 2.75) is 13.0 Å². The molecule has 2 aromatic heterocycles. The van der Waals surface area contributed by atoms with Gasteiger partial charge in [0.2, 0.25) is 0 Å². The average molecular weight is 336 g/mol. The van der Waals surface area contributed by atoms with Crippen molar-refractivity contribution < 1.29 is 0 Å². The summed E-state index contributed by atoms with van der Waals surface area (Å²) in [4.78, 5) is 8.09. The number of aromatic nitrogens is 4. The highest BCUT2D eigenvalue weighted by Crippen LogP contribution is 2.25. The first-order valence-electron chi connectivity index (χ1n) is 7.41. The van der Waals surface area contributed by atoms with E-state index in [0.29, 0.717) is 18.0 Å². The van der Waals surface area contributed by atoms with E-state index in [4.69, 9.17) is 16.9 Å². The standard InChI is InChI=1S/C18H14ClN5/c19-16-5-2-14(3-6-16)18-15(12-24(23-18)11-1-9-20)4-7-17-8-10-21-13-22-17/h2-8,10,12-13H,1,11H2/b7-4+. The van der Waals surface area contributed by atoms with Crippen LogP contribution in [0.4, 0.5) is 0 Å². The van der Waals surface area contributed by atoms with E-state index in [1.54, 1.807) is 10.9 Å². The van der Waals surface area contributed by atoms with Crippen molar-refractivity contribution in [2.75, 3.05) is 0 Å². The lowest BCUT2D eigenvalue weighted by Gasteiger charge is -1.99. The summed E-state index contributed by atoms with van der Waals surface area (Å²) in [5, 5.41) is 14.0. The van der Waals surface area contributed by atoms with Gasteiger partial charge in [0.05, 0.1) is 30.4 Å². The average Bonchev–Trinajstić information content (AvgIpc) is 3.03. The molecule has 0 spiro atoms. The molecule has 3 rings (SSSR count). The molecule has 6 heteroatoms. The number of halogens is 1. The molecule has 0 saturated heterocycles. The smallest absolute Gasteiger partial charge is 0.115 e. The summed E-state index contributed by atoms with van der Waals surface area (Å²) in [6, 6.07) is 11.5. The van der Waals surface area contributed by atoms with E-state index >= 15 is 0 Å². The second kappa shape index (κ2) is 7.53. The zero-order valence-corrected chi connectivity index (χ0v) is 13.6. The largest absolute Gasteiger partial charge is 0.270 e. The molecule has 0 fully saturated rings. The van der Waals surface area contributed by atoms with Crippen molar-refractivity contribution in [1.82, 2.24) is 19.7 Å². The third kappa shape index (κ3) is 3.86. The molecule has 0 N–H and O–H groups in total. The van der Waals surface area contributed by atoms with Gasteiger partial charge in [-0.05, 0) is 30.4 Å². The maximum atomic E-state index is 8.77. The molecule has 0 radical (unpaired) electrons. The molecule has 0 aliphatic carbocycles. The third-order valence-electron chi connectivity index (χ3n) is 3.40. The minimum absolute atomic E-state index is 0.413. The van der Waals surface area contributed by atoms with E-state index in [9.17, 15) is 0 Å². The lowest BCUT2D eigenvalue weighted by atomic mass is 10.1. The van der Waals surface area contributed by atoms with Crippen LogP contribution < -0.4 is 0 Å². The molecular weight excluding hydrogens is 322 g/mol. The van der Waals surface area contributed by atoms with Crippen LogP contribution in [0.2, 0.25) is 5.02 Å². The summed E-state index contributed by atoms with van der Waals surface area (Å²) >= 11 is 5.96. The van der Waals surface area contributed by atoms with Gasteiger partial charge < -0.3 is 0 Å². The monoisotopic (exact) mass is 335 g/mol. The first-order chi connectivity index (χ1) is 11.8. The van der Waals surface area contributed by atoms with Crippen LogP contribution in [0.3, 0.4) is 0 Å². The van der Waals surface area contributed by atoms with Crippen molar-refractivity contribution in [1.29, 1.82) is 5.26 Å². The lowest BCUT2D eigenvalue weighted by Crippen LogP contribution is -1.97. The first-order valence-corrected chi connectivity index (χ1v) is 7.78. The highest BCUT2D eigenvalue weighted by molar-refractivity contribution is 6.30. The van der Waals surface area contributed by atoms with Crippen LogP contribution in [0.1, 0.15) is 17.7 Å². The molecule has 2 heterocycles. The Hall–Kier alpha value is -2.97. The van der Waals surface area contributed by atoms with E-state index in [1.807, 2.05) is 48.7 Å². The molecular formula is C18H14ClN5. The molecule has 0 atom stereocenters. The van der Waals surface area contributed by atoms with Crippen molar-refractivity contribution in [2.24, 2.45) is 0 Å². The Labute approximate surface area is 144 Å². The quantitative estimate of drug-likeness (QED) is 0.704. The molecule has 5 nitrogen and oxygen atoms in total. The molecule has 0 bridgehead atoms. The topological polar surface area (TPSA) is 67.4 Å². The van der Waals surface area contributed by atoms with Gasteiger partial charge in [0.15, 0.2) is 0 Å². The van der Waals surface area contributed by atoms with Gasteiger partial charge in [-0.2, -0.15) is 10.4 Å². The second-order valence-electron chi connectivity index (χ2n) is 5.08. The normalized spacial score (nSPS) is 10.8. The van der Waals surface area contributed by atoms with E-state index in [1.165, 1.54) is 6.33 Å². The molecule has 3 aromatic rings. The van der Waals surface area contributed by atoms with Crippen molar-refractivity contribution >= 4 is 23.8 Å². The number of benzene rings is 1. The van der Waals surface area contributed by atoms with Gasteiger partial charge in [-0.25, -0.2) is 9.97 Å². The molecule has 24 heavy (non-hydrogen) atoms. The van der Waals surface area contributed by atoms with Crippen molar-refractivity contribution in [3.8, 4) is 17.3 Å². The summed E-state index contributed by atoms with van der Waals surface area (Å²) in [5.74, 6) is 0. The predicted octanol–water partition coefficient (Wildman–Crippen LogP) is 4.08. The molecule has 0 unspecified atom stereocenters. The Morgan fingerprint density at radius 3 is 2.71 bits per heavy atom. The zero-order valence-electron chi connectivity index (χ0n) is 12.8. The van der Waals surface area contributed by atoms with Crippen molar-refractivity contribution in [3.63, 3.8) is 0 Å². The number of nitrogens with zero attached hydrogens (tertiary/aromatic N) is 5. The minimum Gasteiger partial charge on any atom is -0.270 e. The van der Waals surface area contributed by atoms with E-state index < -0.39 is 0 Å². The predicted molar refractivity (Wildman–Crippen MR) is 93.9 cm³/mol. The molecule has 0 aliphatic rings. The number of rotatable bonds is 5. The Morgan fingerprint density at radius 2 is 2.00 bits per heavy atom.